The van der Waals surface area contributed by atoms with Crippen molar-refractivity contribution in [3.63, 3.8) is 0 Å². The lowest BCUT2D eigenvalue weighted by atomic mass is 9.72. The zero-order chi connectivity index (χ0) is 34.1. The number of benzene rings is 3. The average Bonchev–Trinajstić information content (AvgIpc) is 3.63. The van der Waals surface area contributed by atoms with E-state index < -0.39 is 11.7 Å². The minimum atomic E-state index is -1.38. The number of hydrogen-bond acceptors (Lipinski definition) is 6. The summed E-state index contributed by atoms with van der Waals surface area (Å²) >= 11 is 6.91. The van der Waals surface area contributed by atoms with E-state index in [1.54, 1.807) is 0 Å². The van der Waals surface area contributed by atoms with E-state index in [0.717, 1.165) is 40.7 Å². The summed E-state index contributed by atoms with van der Waals surface area (Å²) in [5.74, 6) is -0.366. The molecule has 2 aliphatic rings. The van der Waals surface area contributed by atoms with Crippen LogP contribution in [0.1, 0.15) is 71.6 Å². The molecule has 0 unspecified atom stereocenters. The normalized spacial score (nSPS) is 18.1. The second-order valence-electron chi connectivity index (χ2n) is 12.8. The standard InChI is InChI=1S/C38H48ClN3O6/c1-3-26-8-4-9-29(22-26)35-32(11-5-12-33(35)39)38(46,17-7-18-41-37(44)45)30-10-6-19-42(25-30)36(43)31-15-13-27(24-40-2)23-28(31)14-16-34-47-20-21-48-34/h4-5,8-9,11-13,15,22-23,30,34,40-41,46H,3,6-7,10,14,16-21,24-25H2,1-2H3,(H,44,45)/t30-,38+/m1/s1. The van der Waals surface area contributed by atoms with E-state index in [0.29, 0.717) is 81.1 Å². The van der Waals surface area contributed by atoms with Crippen molar-refractivity contribution in [3.05, 3.63) is 93.5 Å². The summed E-state index contributed by atoms with van der Waals surface area (Å²) in [6.07, 6.45) is 2.93. The first kappa shape index (κ1) is 35.8. The van der Waals surface area contributed by atoms with Crippen molar-refractivity contribution in [2.24, 2.45) is 5.92 Å². The number of nitrogens with zero attached hydrogens (tertiary/aromatic N) is 1. The molecule has 0 aliphatic carbocycles. The van der Waals surface area contributed by atoms with Gasteiger partial charge in [0.25, 0.3) is 5.91 Å². The summed E-state index contributed by atoms with van der Waals surface area (Å²) in [5.41, 5.74) is 4.88. The van der Waals surface area contributed by atoms with E-state index >= 15 is 0 Å². The molecule has 3 aromatic rings. The molecule has 0 spiro atoms. The number of nitrogens with one attached hydrogen (secondary N) is 2. The zero-order valence-electron chi connectivity index (χ0n) is 28.0. The highest BCUT2D eigenvalue weighted by atomic mass is 35.5. The molecular weight excluding hydrogens is 630 g/mol. The number of piperidine rings is 1. The zero-order valence-corrected chi connectivity index (χ0v) is 28.7. The predicted octanol–water partition coefficient (Wildman–Crippen LogP) is 6.38. The molecule has 0 bridgehead atoms. The van der Waals surface area contributed by atoms with Crippen LogP contribution < -0.4 is 10.6 Å². The van der Waals surface area contributed by atoms with Crippen LogP contribution in [-0.4, -0.2) is 73.3 Å². The maximum atomic E-state index is 14.3. The van der Waals surface area contributed by atoms with Crippen LogP contribution in [0.3, 0.4) is 0 Å². The summed E-state index contributed by atoms with van der Waals surface area (Å²) in [6, 6.07) is 19.8. The number of aliphatic hydroxyl groups is 1. The minimum Gasteiger partial charge on any atom is -0.465 e. The topological polar surface area (TPSA) is 120 Å². The highest BCUT2D eigenvalue weighted by Gasteiger charge is 2.43. The Bertz CT molecular complexity index is 1560. The van der Waals surface area contributed by atoms with Gasteiger partial charge < -0.3 is 35.2 Å². The minimum absolute atomic E-state index is 0.0594. The van der Waals surface area contributed by atoms with Crippen LogP contribution >= 0.6 is 11.6 Å². The van der Waals surface area contributed by atoms with E-state index in [1.807, 2.05) is 54.4 Å². The van der Waals surface area contributed by atoms with Gasteiger partial charge in [-0.1, -0.05) is 67.1 Å². The van der Waals surface area contributed by atoms with Gasteiger partial charge in [0.2, 0.25) is 0 Å². The number of carbonyl (C=O) groups is 2. The van der Waals surface area contributed by atoms with E-state index in [-0.39, 0.29) is 24.7 Å². The lowest BCUT2D eigenvalue weighted by Crippen LogP contribution is -2.48. The molecular formula is C38H48ClN3O6. The van der Waals surface area contributed by atoms with Gasteiger partial charge in [-0.05, 0) is 85.5 Å². The Kier molecular flexibility index (Phi) is 12.5. The molecule has 4 N–H and O–H groups in total. The molecule has 48 heavy (non-hydrogen) atoms. The fraction of sp³-hybridized carbons (Fsp3) is 0.474. The molecule has 0 radical (unpaired) electrons. The van der Waals surface area contributed by atoms with Gasteiger partial charge >= 0.3 is 6.09 Å². The molecule has 2 aliphatic heterocycles. The molecule has 0 saturated carbocycles. The Morgan fingerprint density at radius 3 is 2.60 bits per heavy atom. The maximum absolute atomic E-state index is 14.3. The summed E-state index contributed by atoms with van der Waals surface area (Å²) in [4.78, 5) is 27.4. The van der Waals surface area contributed by atoms with Crippen LogP contribution in [0.4, 0.5) is 4.79 Å². The third-order valence-electron chi connectivity index (χ3n) is 9.62. The van der Waals surface area contributed by atoms with Crippen LogP contribution in [0, 0.1) is 5.92 Å². The number of rotatable bonds is 14. The van der Waals surface area contributed by atoms with E-state index in [9.17, 15) is 19.8 Å². The molecule has 258 valence electrons. The number of halogens is 1. The van der Waals surface area contributed by atoms with Gasteiger partial charge in [0.1, 0.15) is 0 Å². The third kappa shape index (κ3) is 8.57. The number of amides is 2. The predicted molar refractivity (Wildman–Crippen MR) is 187 cm³/mol. The van der Waals surface area contributed by atoms with Crippen LogP contribution in [0.2, 0.25) is 5.02 Å². The SMILES string of the molecule is CCc1cccc(-c2c(Cl)cccc2[C@](O)(CCCNC(=O)O)[C@@H]2CCCN(C(=O)c3ccc(CNC)cc3CCC3OCCO3)C2)c1. The average molecular weight is 678 g/mol. The van der Waals surface area contributed by atoms with Crippen molar-refractivity contribution in [1.29, 1.82) is 0 Å². The Labute approximate surface area is 288 Å². The van der Waals surface area contributed by atoms with Gasteiger partial charge in [0.05, 0.1) is 18.8 Å². The number of likely N-dealkylation sites (tertiary alicyclic amines) is 1. The van der Waals surface area contributed by atoms with Crippen molar-refractivity contribution in [1.82, 2.24) is 15.5 Å². The number of ether oxygens (including phenoxy) is 2. The fourth-order valence-corrected chi connectivity index (χ4v) is 7.47. The number of carboxylic acid groups (broad SMARTS) is 1. The summed E-state index contributed by atoms with van der Waals surface area (Å²) in [5, 5.41) is 28.3. The first-order valence-corrected chi connectivity index (χ1v) is 17.5. The molecule has 9 nitrogen and oxygen atoms in total. The molecule has 2 fully saturated rings. The maximum Gasteiger partial charge on any atom is 0.404 e. The van der Waals surface area contributed by atoms with Gasteiger partial charge in [-0.25, -0.2) is 4.79 Å². The van der Waals surface area contributed by atoms with Crippen molar-refractivity contribution in [2.45, 2.75) is 70.3 Å². The number of hydrogen-bond donors (Lipinski definition) is 4. The van der Waals surface area contributed by atoms with Gasteiger partial charge in [0.15, 0.2) is 6.29 Å². The Morgan fingerprint density at radius 1 is 1.06 bits per heavy atom. The largest absolute Gasteiger partial charge is 0.465 e. The third-order valence-corrected chi connectivity index (χ3v) is 9.93. The van der Waals surface area contributed by atoms with Crippen LogP contribution in [0.15, 0.2) is 60.7 Å². The van der Waals surface area contributed by atoms with Crippen molar-refractivity contribution < 1.29 is 29.3 Å². The monoisotopic (exact) mass is 677 g/mol. The molecule has 3 aromatic carbocycles. The lowest BCUT2D eigenvalue weighted by molar-refractivity contribution is -0.0563. The van der Waals surface area contributed by atoms with Crippen molar-refractivity contribution in [2.75, 3.05) is 39.9 Å². The number of aryl methyl sites for hydroxylation is 2. The Hall–Kier alpha value is -3.47. The fourth-order valence-electron chi connectivity index (χ4n) is 7.18. The second kappa shape index (κ2) is 16.8. The lowest BCUT2D eigenvalue weighted by Gasteiger charge is -2.44. The van der Waals surface area contributed by atoms with Crippen LogP contribution in [0.25, 0.3) is 11.1 Å². The highest BCUT2D eigenvalue weighted by molar-refractivity contribution is 6.33. The van der Waals surface area contributed by atoms with E-state index in [4.69, 9.17) is 21.1 Å². The van der Waals surface area contributed by atoms with Crippen LogP contribution in [0.5, 0.6) is 0 Å². The quantitative estimate of drug-likeness (QED) is 0.146. The smallest absolute Gasteiger partial charge is 0.404 e. The molecule has 2 atom stereocenters. The highest BCUT2D eigenvalue weighted by Crippen LogP contribution is 2.46. The molecule has 2 amide bonds. The van der Waals surface area contributed by atoms with Crippen molar-refractivity contribution in [3.8, 4) is 11.1 Å². The summed E-state index contributed by atoms with van der Waals surface area (Å²) in [6.45, 7) is 5.09. The Morgan fingerprint density at radius 2 is 1.85 bits per heavy atom. The van der Waals surface area contributed by atoms with Crippen LogP contribution in [-0.2, 0) is 34.5 Å². The van der Waals surface area contributed by atoms with Gasteiger partial charge in [-0.2, -0.15) is 0 Å². The Balaban J connectivity index is 1.47. The first-order valence-electron chi connectivity index (χ1n) is 17.1. The van der Waals surface area contributed by atoms with Gasteiger partial charge in [-0.3, -0.25) is 4.79 Å². The van der Waals surface area contributed by atoms with E-state index in [1.165, 1.54) is 0 Å². The molecule has 0 aromatic heterocycles. The second-order valence-corrected chi connectivity index (χ2v) is 13.2. The summed E-state index contributed by atoms with van der Waals surface area (Å²) in [7, 11) is 1.90. The molecule has 2 saturated heterocycles. The molecule has 10 heteroatoms. The first-order chi connectivity index (χ1) is 23.2. The van der Waals surface area contributed by atoms with Crippen molar-refractivity contribution >= 4 is 23.6 Å². The molecule has 5 rings (SSSR count). The molecule has 2 heterocycles. The summed E-state index contributed by atoms with van der Waals surface area (Å²) < 4.78 is 11.3. The number of carbonyl (C=O) groups excluding carboxylic acids is 1. The van der Waals surface area contributed by atoms with E-state index in [2.05, 4.69) is 35.8 Å². The van der Waals surface area contributed by atoms with Gasteiger partial charge in [-0.15, -0.1) is 0 Å². The van der Waals surface area contributed by atoms with Gasteiger partial charge in [0, 0.05) is 54.7 Å².